The first kappa shape index (κ1) is 38.3. The van der Waals surface area contributed by atoms with E-state index in [1.165, 1.54) is 0 Å². The molecular weight excluding hydrogens is 622 g/mol. The molecule has 49 heavy (non-hydrogen) atoms. The van der Waals surface area contributed by atoms with Crippen molar-refractivity contribution in [1.82, 2.24) is 14.7 Å². The Kier molecular flexibility index (Phi) is 12.9. The number of carbonyl (C=O) groups is 4. The normalized spacial score (nSPS) is 26.5. The molecule has 3 amide bonds. The second-order valence-corrected chi connectivity index (χ2v) is 14.5. The number of ether oxygens (including phenoxy) is 2. The van der Waals surface area contributed by atoms with Gasteiger partial charge < -0.3 is 29.3 Å². The van der Waals surface area contributed by atoms with Crippen molar-refractivity contribution in [2.24, 2.45) is 17.8 Å². The van der Waals surface area contributed by atoms with E-state index in [1.54, 1.807) is 33.9 Å². The van der Waals surface area contributed by atoms with Crippen molar-refractivity contribution < 1.29 is 33.8 Å². The number of likely N-dealkylation sites (N-methyl/N-ethyl adjacent to an activating group) is 1. The number of carbonyl (C=O) groups excluding carboxylic acids is 4. The number of benzene rings is 1. The number of esters is 1. The van der Waals surface area contributed by atoms with Crippen LogP contribution in [0.5, 0.6) is 0 Å². The first-order valence-corrected chi connectivity index (χ1v) is 18.0. The lowest BCUT2D eigenvalue weighted by Crippen LogP contribution is -2.60. The molecule has 3 saturated heterocycles. The van der Waals surface area contributed by atoms with Crippen LogP contribution < -0.4 is 0 Å². The van der Waals surface area contributed by atoms with Gasteiger partial charge in [0.15, 0.2) is 0 Å². The maximum Gasteiger partial charge on any atom is 0.313 e. The number of fused-ring (bicyclic) bond motifs is 1. The number of nitrogens with zero attached hydrogens (tertiary/aromatic N) is 3. The van der Waals surface area contributed by atoms with Gasteiger partial charge in [0.2, 0.25) is 17.7 Å². The van der Waals surface area contributed by atoms with Crippen LogP contribution in [0.3, 0.4) is 0 Å². The molecule has 10 heteroatoms. The van der Waals surface area contributed by atoms with Crippen molar-refractivity contribution in [3.63, 3.8) is 0 Å². The third-order valence-electron chi connectivity index (χ3n) is 10.8. The van der Waals surface area contributed by atoms with E-state index in [4.69, 9.17) is 9.47 Å². The molecule has 3 heterocycles. The van der Waals surface area contributed by atoms with Gasteiger partial charge in [0.05, 0.1) is 36.6 Å². The fraction of sp³-hybridized carbons (Fsp3) is 0.641. The zero-order valence-corrected chi connectivity index (χ0v) is 30.3. The third kappa shape index (κ3) is 7.50. The molecule has 3 fully saturated rings. The highest BCUT2D eigenvalue weighted by Gasteiger charge is 2.75. The van der Waals surface area contributed by atoms with E-state index < -0.39 is 53.7 Å². The summed E-state index contributed by atoms with van der Waals surface area (Å²) in [5.74, 6) is -3.04. The second kappa shape index (κ2) is 16.5. The Hall–Kier alpha value is -3.50. The van der Waals surface area contributed by atoms with Crippen LogP contribution in [0.15, 0.2) is 55.6 Å². The van der Waals surface area contributed by atoms with Crippen molar-refractivity contribution in [3.05, 3.63) is 61.2 Å². The van der Waals surface area contributed by atoms with Crippen LogP contribution in [0.2, 0.25) is 0 Å². The Morgan fingerprint density at radius 2 is 1.84 bits per heavy atom. The average Bonchev–Trinajstić information content (AvgIpc) is 3.74. The summed E-state index contributed by atoms with van der Waals surface area (Å²) in [6.45, 7) is 17.5. The smallest absolute Gasteiger partial charge is 0.313 e. The number of rotatable bonds is 18. The molecule has 2 bridgehead atoms. The fourth-order valence-electron chi connectivity index (χ4n) is 8.33. The third-order valence-corrected chi connectivity index (χ3v) is 10.8. The lowest BCUT2D eigenvalue weighted by atomic mass is 9.70. The average molecular weight is 680 g/mol. The van der Waals surface area contributed by atoms with E-state index in [0.29, 0.717) is 32.2 Å². The molecule has 9 atom stereocenters. The molecular formula is C39H57N3O7. The predicted octanol–water partition coefficient (Wildman–Crippen LogP) is 5.07. The number of allylic oxidation sites excluding steroid dienone is 1. The van der Waals surface area contributed by atoms with Crippen LogP contribution in [0, 0.1) is 17.8 Å². The standard InChI is InChI=1S/C39H57N3O7/c1-9-12-19-31(44)40(8)27(7)34(28-17-14-13-15-18-28)48-38(47)32-30-20-21-39(49-30)33(32)36(45)42(29(24-43)23-25(4)5)35(39)37(46)41(22-11-3)26(6)16-10-2/h9,11,13-15,17-18,25-27,29-30,32-35,43H,1,3,10,12,16,19-24H2,2,4-8H3/t26?,27-,29-,30-,32+,33+,34+,35-,39+/m1/s1. The van der Waals surface area contributed by atoms with Gasteiger partial charge in [-0.25, -0.2) is 0 Å². The van der Waals surface area contributed by atoms with Gasteiger partial charge in [-0.2, -0.15) is 0 Å². The minimum absolute atomic E-state index is 0.101. The molecule has 0 radical (unpaired) electrons. The minimum Gasteiger partial charge on any atom is -0.455 e. The van der Waals surface area contributed by atoms with Crippen molar-refractivity contribution in [3.8, 4) is 0 Å². The van der Waals surface area contributed by atoms with E-state index in [0.717, 1.165) is 18.4 Å². The summed E-state index contributed by atoms with van der Waals surface area (Å²) in [5.41, 5.74) is -0.510. The molecule has 10 nitrogen and oxygen atoms in total. The summed E-state index contributed by atoms with van der Waals surface area (Å²) >= 11 is 0. The monoisotopic (exact) mass is 679 g/mol. The summed E-state index contributed by atoms with van der Waals surface area (Å²) in [5, 5.41) is 10.6. The number of aliphatic hydroxyl groups excluding tert-OH is 1. The topological polar surface area (TPSA) is 117 Å². The van der Waals surface area contributed by atoms with Crippen molar-refractivity contribution in [1.29, 1.82) is 0 Å². The van der Waals surface area contributed by atoms with Gasteiger partial charge in [0.25, 0.3) is 0 Å². The fourth-order valence-corrected chi connectivity index (χ4v) is 8.33. The highest BCUT2D eigenvalue weighted by molar-refractivity contribution is 5.98. The Bertz CT molecular complexity index is 1350. The van der Waals surface area contributed by atoms with E-state index in [2.05, 4.69) is 20.1 Å². The van der Waals surface area contributed by atoms with Gasteiger partial charge >= 0.3 is 5.97 Å². The SMILES string of the molecule is C=CCCC(=O)N(C)[C@H](C)[C@H](OC(=O)[C@@H]1[C@H]2C(=O)N([C@@H](CO)CC(C)C)[C@H](C(=O)N(CC=C)C(C)CCC)[C@]23CC[C@H]1O3)c1ccccc1. The first-order valence-electron chi connectivity index (χ1n) is 18.0. The molecule has 1 N–H and O–H groups in total. The molecule has 1 aromatic rings. The van der Waals surface area contributed by atoms with E-state index in [1.807, 2.05) is 58.0 Å². The minimum atomic E-state index is -1.23. The van der Waals surface area contributed by atoms with Gasteiger partial charge in [-0.15, -0.1) is 13.2 Å². The van der Waals surface area contributed by atoms with Crippen LogP contribution in [0.25, 0.3) is 0 Å². The summed E-state index contributed by atoms with van der Waals surface area (Å²) in [6.07, 6.45) is 5.85. The lowest BCUT2D eigenvalue weighted by Gasteiger charge is -2.41. The number of aliphatic hydroxyl groups is 1. The summed E-state index contributed by atoms with van der Waals surface area (Å²) in [6, 6.07) is 7.04. The summed E-state index contributed by atoms with van der Waals surface area (Å²) < 4.78 is 13.0. The number of hydrogen-bond donors (Lipinski definition) is 1. The highest BCUT2D eigenvalue weighted by atomic mass is 16.6. The molecule has 1 unspecified atom stereocenters. The van der Waals surface area contributed by atoms with Crippen molar-refractivity contribution in [2.75, 3.05) is 20.2 Å². The Labute approximate surface area is 292 Å². The molecule has 1 spiro atoms. The van der Waals surface area contributed by atoms with Crippen molar-refractivity contribution in [2.45, 2.75) is 122 Å². The molecule has 3 aliphatic rings. The van der Waals surface area contributed by atoms with Crippen LogP contribution in [0.4, 0.5) is 0 Å². The molecule has 1 aromatic carbocycles. The van der Waals surface area contributed by atoms with Gasteiger partial charge in [0.1, 0.15) is 17.7 Å². The van der Waals surface area contributed by atoms with Crippen LogP contribution in [-0.4, -0.2) is 99.6 Å². The zero-order chi connectivity index (χ0) is 36.0. The quantitative estimate of drug-likeness (QED) is 0.170. The Balaban J connectivity index is 1.74. The molecule has 0 aromatic heterocycles. The summed E-state index contributed by atoms with van der Waals surface area (Å²) in [7, 11) is 1.70. The molecule has 0 aliphatic carbocycles. The largest absolute Gasteiger partial charge is 0.455 e. The second-order valence-electron chi connectivity index (χ2n) is 14.5. The number of amides is 3. The van der Waals surface area contributed by atoms with Crippen LogP contribution in [-0.2, 0) is 28.7 Å². The number of hydrogen-bond acceptors (Lipinski definition) is 7. The van der Waals surface area contributed by atoms with Crippen LogP contribution >= 0.6 is 0 Å². The summed E-state index contributed by atoms with van der Waals surface area (Å²) in [4.78, 5) is 61.8. The van der Waals surface area contributed by atoms with E-state index in [-0.39, 0.29) is 42.7 Å². The molecule has 4 rings (SSSR count). The molecule has 0 saturated carbocycles. The number of likely N-dealkylation sites (tertiary alicyclic amines) is 1. The van der Waals surface area contributed by atoms with Gasteiger partial charge in [-0.05, 0) is 57.4 Å². The van der Waals surface area contributed by atoms with Gasteiger partial charge in [-0.3, -0.25) is 19.2 Å². The highest BCUT2D eigenvalue weighted by Crippen LogP contribution is 2.59. The van der Waals surface area contributed by atoms with Gasteiger partial charge in [0, 0.05) is 26.1 Å². The molecule has 270 valence electrons. The van der Waals surface area contributed by atoms with Crippen LogP contribution in [0.1, 0.15) is 91.2 Å². The maximum atomic E-state index is 14.7. The van der Waals surface area contributed by atoms with E-state index in [9.17, 15) is 24.3 Å². The Morgan fingerprint density at radius 1 is 1.14 bits per heavy atom. The predicted molar refractivity (Wildman–Crippen MR) is 188 cm³/mol. The lowest BCUT2D eigenvalue weighted by molar-refractivity contribution is -0.165. The maximum absolute atomic E-state index is 14.7. The van der Waals surface area contributed by atoms with E-state index >= 15 is 0 Å². The Morgan fingerprint density at radius 3 is 2.43 bits per heavy atom. The molecule has 3 aliphatic heterocycles. The van der Waals surface area contributed by atoms with Gasteiger partial charge in [-0.1, -0.05) is 69.7 Å². The van der Waals surface area contributed by atoms with Crippen molar-refractivity contribution >= 4 is 23.7 Å². The zero-order valence-electron chi connectivity index (χ0n) is 30.3. The first-order chi connectivity index (χ1) is 23.4.